The van der Waals surface area contributed by atoms with Gasteiger partial charge < -0.3 is 14.8 Å². The van der Waals surface area contributed by atoms with Gasteiger partial charge >= 0.3 is 0 Å². The van der Waals surface area contributed by atoms with Gasteiger partial charge in [0.25, 0.3) is 0 Å². The predicted octanol–water partition coefficient (Wildman–Crippen LogP) is 6.13. The quantitative estimate of drug-likeness (QED) is 0.210. The molecule has 204 valence electrons. The molecule has 0 aliphatic heterocycles. The van der Waals surface area contributed by atoms with Crippen molar-refractivity contribution >= 4 is 23.3 Å². The van der Waals surface area contributed by atoms with E-state index in [2.05, 4.69) is 15.3 Å². The van der Waals surface area contributed by atoms with E-state index in [4.69, 9.17) is 19.6 Å². The summed E-state index contributed by atoms with van der Waals surface area (Å²) in [5.41, 5.74) is 3.15. The lowest BCUT2D eigenvalue weighted by molar-refractivity contribution is 0.335. The van der Waals surface area contributed by atoms with Crippen LogP contribution in [0.4, 0.5) is 20.3 Å². The molecule has 11 heteroatoms. The summed E-state index contributed by atoms with van der Waals surface area (Å²) in [5.74, 6) is 1.35. The van der Waals surface area contributed by atoms with Crippen LogP contribution in [0.25, 0.3) is 11.5 Å². The molecule has 1 aliphatic carbocycles. The van der Waals surface area contributed by atoms with E-state index in [1.807, 2.05) is 25.3 Å². The minimum absolute atomic E-state index is 0.0469. The molecule has 39 heavy (non-hydrogen) atoms. The van der Waals surface area contributed by atoms with E-state index in [0.717, 1.165) is 35.5 Å². The number of halogens is 2. The molecule has 0 atom stereocenters. The molecule has 5 rings (SSSR count). The lowest BCUT2D eigenvalue weighted by Crippen LogP contribution is -2.10. The van der Waals surface area contributed by atoms with E-state index in [0.29, 0.717) is 36.3 Å². The Morgan fingerprint density at radius 3 is 2.54 bits per heavy atom. The largest absolute Gasteiger partial charge is 0.494 e. The molecule has 1 saturated carbocycles. The maximum atomic E-state index is 14.9. The number of hydrogen-bond donors (Lipinski definition) is 1. The second-order valence-electron chi connectivity index (χ2n) is 9.20. The third-order valence-electron chi connectivity index (χ3n) is 6.39. The number of aromatic nitrogens is 5. The van der Waals surface area contributed by atoms with Crippen LogP contribution < -0.4 is 14.8 Å². The maximum Gasteiger partial charge on any atom is 0.182 e. The second kappa shape index (κ2) is 12.0. The van der Waals surface area contributed by atoms with Crippen LogP contribution in [0, 0.1) is 18.6 Å². The van der Waals surface area contributed by atoms with Gasteiger partial charge in [0, 0.05) is 58.7 Å². The highest BCUT2D eigenvalue weighted by molar-refractivity contribution is 7.98. The molecule has 1 fully saturated rings. The van der Waals surface area contributed by atoms with Crippen LogP contribution in [0.15, 0.2) is 42.9 Å². The first-order valence-electron chi connectivity index (χ1n) is 12.8. The van der Waals surface area contributed by atoms with Crippen LogP contribution in [0.3, 0.4) is 0 Å². The molecule has 0 radical (unpaired) electrons. The summed E-state index contributed by atoms with van der Waals surface area (Å²) in [7, 11) is 0. The first kappa shape index (κ1) is 26.9. The fourth-order valence-electron chi connectivity index (χ4n) is 4.39. The summed E-state index contributed by atoms with van der Waals surface area (Å²) >= 11 is 1.68. The Hall–Kier alpha value is -3.73. The molecule has 1 N–H and O–H groups in total. The van der Waals surface area contributed by atoms with Crippen LogP contribution in [0.5, 0.6) is 11.5 Å². The number of rotatable bonds is 12. The molecule has 1 aliphatic rings. The van der Waals surface area contributed by atoms with Crippen LogP contribution in [-0.4, -0.2) is 50.0 Å². The molecular formula is C28H30F2N6O2S. The SMILES string of the molecule is CCOc1cc(F)c(Cn2nc(-c3ncc(OCCSC)c(Nc4ccncc4)n3)c(C)c2C2CC2)c(F)c1. The number of nitrogens with zero attached hydrogens (tertiary/aromatic N) is 5. The average Bonchev–Trinajstić information content (AvgIpc) is 3.70. The highest BCUT2D eigenvalue weighted by Gasteiger charge is 2.32. The number of hydrogen-bond acceptors (Lipinski definition) is 8. The van der Waals surface area contributed by atoms with Crippen molar-refractivity contribution < 1.29 is 18.3 Å². The van der Waals surface area contributed by atoms with Crippen molar-refractivity contribution in [1.29, 1.82) is 0 Å². The monoisotopic (exact) mass is 552 g/mol. The van der Waals surface area contributed by atoms with Gasteiger partial charge in [0.05, 0.1) is 26.0 Å². The van der Waals surface area contributed by atoms with Crippen molar-refractivity contribution in [1.82, 2.24) is 24.7 Å². The van der Waals surface area contributed by atoms with Crippen LogP contribution in [0.2, 0.25) is 0 Å². The van der Waals surface area contributed by atoms with Crippen LogP contribution in [-0.2, 0) is 6.54 Å². The third kappa shape index (κ3) is 6.13. The maximum absolute atomic E-state index is 14.9. The Labute approximate surface area is 230 Å². The van der Waals surface area contributed by atoms with Gasteiger partial charge in [-0.2, -0.15) is 16.9 Å². The van der Waals surface area contributed by atoms with Gasteiger partial charge in [0.15, 0.2) is 17.4 Å². The molecular weight excluding hydrogens is 522 g/mol. The zero-order chi connectivity index (χ0) is 27.4. The molecule has 0 bridgehead atoms. The Balaban J connectivity index is 1.51. The predicted molar refractivity (Wildman–Crippen MR) is 148 cm³/mol. The van der Waals surface area contributed by atoms with Gasteiger partial charge in [-0.1, -0.05) is 0 Å². The summed E-state index contributed by atoms with van der Waals surface area (Å²) in [5, 5.41) is 8.06. The van der Waals surface area contributed by atoms with Gasteiger partial charge in [-0.3, -0.25) is 9.67 Å². The lowest BCUT2D eigenvalue weighted by Gasteiger charge is -2.13. The van der Waals surface area contributed by atoms with Gasteiger partial charge in [0.1, 0.15) is 23.1 Å². The van der Waals surface area contributed by atoms with Gasteiger partial charge in [0.2, 0.25) is 0 Å². The van der Waals surface area contributed by atoms with Crippen LogP contribution in [0.1, 0.15) is 42.5 Å². The molecule has 3 aromatic heterocycles. The van der Waals surface area contributed by atoms with E-state index in [-0.39, 0.29) is 23.8 Å². The number of benzene rings is 1. The molecule has 0 unspecified atom stereocenters. The van der Waals surface area contributed by atoms with Gasteiger partial charge in [-0.05, 0) is 45.1 Å². The first-order chi connectivity index (χ1) is 19.0. The molecule has 1 aromatic carbocycles. The summed E-state index contributed by atoms with van der Waals surface area (Å²) < 4.78 is 42.7. The normalized spacial score (nSPS) is 12.9. The van der Waals surface area contributed by atoms with E-state index >= 15 is 0 Å². The van der Waals surface area contributed by atoms with E-state index in [1.54, 1.807) is 42.0 Å². The molecule has 0 amide bonds. The Morgan fingerprint density at radius 2 is 1.87 bits per heavy atom. The van der Waals surface area contributed by atoms with E-state index in [9.17, 15) is 8.78 Å². The third-order valence-corrected chi connectivity index (χ3v) is 6.97. The molecule has 0 saturated heterocycles. The lowest BCUT2D eigenvalue weighted by atomic mass is 10.1. The average molecular weight is 553 g/mol. The topological polar surface area (TPSA) is 87.0 Å². The minimum Gasteiger partial charge on any atom is -0.494 e. The molecule has 4 aromatic rings. The zero-order valence-electron chi connectivity index (χ0n) is 22.1. The summed E-state index contributed by atoms with van der Waals surface area (Å²) in [4.78, 5) is 13.4. The number of nitrogens with one attached hydrogen (secondary N) is 1. The molecule has 0 spiro atoms. The smallest absolute Gasteiger partial charge is 0.182 e. The first-order valence-corrected chi connectivity index (χ1v) is 14.2. The Morgan fingerprint density at radius 1 is 1.13 bits per heavy atom. The van der Waals surface area contributed by atoms with Crippen molar-refractivity contribution in [3.8, 4) is 23.0 Å². The van der Waals surface area contributed by atoms with E-state index < -0.39 is 11.6 Å². The molecule has 3 heterocycles. The van der Waals surface area contributed by atoms with Gasteiger partial charge in [-0.25, -0.2) is 18.7 Å². The van der Waals surface area contributed by atoms with Crippen LogP contribution >= 0.6 is 11.8 Å². The standard InChI is InChI=1S/C28H30F2N6O2S/c1-4-37-20-13-22(29)21(23(30)14-20)16-36-26(18-5-6-18)17(2)25(35-36)28-32-15-24(38-11-12-39-3)27(34-28)33-19-7-9-31-10-8-19/h7-10,13-15,18H,4-6,11-12,16H2,1-3H3,(H,31,32,33,34). The highest BCUT2D eigenvalue weighted by atomic mass is 32.2. The minimum atomic E-state index is -0.665. The summed E-state index contributed by atoms with van der Waals surface area (Å²) in [6.07, 6.45) is 9.02. The number of anilines is 2. The summed E-state index contributed by atoms with van der Waals surface area (Å²) in [6, 6.07) is 6.09. The van der Waals surface area contributed by atoms with Crippen molar-refractivity contribution in [2.24, 2.45) is 0 Å². The molecule has 8 nitrogen and oxygen atoms in total. The number of pyridine rings is 1. The summed E-state index contributed by atoms with van der Waals surface area (Å²) in [6.45, 7) is 4.51. The fraction of sp³-hybridized carbons (Fsp3) is 0.357. The fourth-order valence-corrected chi connectivity index (χ4v) is 4.64. The van der Waals surface area contributed by atoms with Gasteiger partial charge in [-0.15, -0.1) is 0 Å². The van der Waals surface area contributed by atoms with Crippen molar-refractivity contribution in [3.63, 3.8) is 0 Å². The zero-order valence-corrected chi connectivity index (χ0v) is 22.9. The van der Waals surface area contributed by atoms with Crippen molar-refractivity contribution in [2.45, 2.75) is 39.2 Å². The van der Waals surface area contributed by atoms with E-state index in [1.165, 1.54) is 12.1 Å². The Kier molecular flexibility index (Phi) is 8.25. The van der Waals surface area contributed by atoms with Crippen molar-refractivity contribution in [2.75, 3.05) is 30.5 Å². The number of thioether (sulfide) groups is 1. The highest BCUT2D eigenvalue weighted by Crippen LogP contribution is 2.44. The van der Waals surface area contributed by atoms with Crippen molar-refractivity contribution in [3.05, 3.63) is 71.3 Å². The Bertz CT molecular complexity index is 1420. The second-order valence-corrected chi connectivity index (χ2v) is 10.2. The number of ether oxygens (including phenoxy) is 2.